The molecule has 1 saturated carbocycles. The lowest BCUT2D eigenvalue weighted by Crippen LogP contribution is -2.42. The van der Waals surface area contributed by atoms with Crippen molar-refractivity contribution in [3.05, 3.63) is 18.0 Å². The van der Waals surface area contributed by atoms with Crippen LogP contribution in [0, 0.1) is 24.7 Å². The molecular weight excluding hydrogens is 288 g/mol. The molecule has 3 aliphatic rings. The van der Waals surface area contributed by atoms with Crippen molar-refractivity contribution < 1.29 is 4.79 Å². The largest absolute Gasteiger partial charge is 0.342 e. The maximum absolute atomic E-state index is 12.8. The minimum absolute atomic E-state index is 0.204. The van der Waals surface area contributed by atoms with E-state index in [4.69, 9.17) is 0 Å². The van der Waals surface area contributed by atoms with Crippen molar-refractivity contribution in [2.24, 2.45) is 17.8 Å². The molecule has 3 heterocycles. The molecule has 0 spiro atoms. The zero-order valence-corrected chi connectivity index (χ0v) is 13.9. The maximum Gasteiger partial charge on any atom is 0.225 e. The van der Waals surface area contributed by atoms with Gasteiger partial charge in [0.05, 0.1) is 0 Å². The number of carbonyl (C=O) groups is 1. The summed E-state index contributed by atoms with van der Waals surface area (Å²) in [4.78, 5) is 26.1. The molecule has 5 heteroatoms. The van der Waals surface area contributed by atoms with Crippen molar-refractivity contribution in [2.45, 2.75) is 39.0 Å². The van der Waals surface area contributed by atoms with Crippen LogP contribution in [0.3, 0.4) is 0 Å². The van der Waals surface area contributed by atoms with Crippen LogP contribution in [0.25, 0.3) is 0 Å². The van der Waals surface area contributed by atoms with Crippen LogP contribution in [0.5, 0.6) is 0 Å². The Morgan fingerprint density at radius 1 is 1.13 bits per heavy atom. The van der Waals surface area contributed by atoms with Gasteiger partial charge in [0, 0.05) is 44.0 Å². The fourth-order valence-corrected chi connectivity index (χ4v) is 4.59. The van der Waals surface area contributed by atoms with E-state index >= 15 is 0 Å². The van der Waals surface area contributed by atoms with Gasteiger partial charge in [0.25, 0.3) is 0 Å². The molecule has 1 aliphatic carbocycles. The zero-order valence-electron chi connectivity index (χ0n) is 13.9. The van der Waals surface area contributed by atoms with Crippen molar-refractivity contribution in [2.75, 3.05) is 31.1 Å². The Labute approximate surface area is 138 Å². The molecule has 4 rings (SSSR count). The van der Waals surface area contributed by atoms with Crippen LogP contribution in [0.1, 0.15) is 37.8 Å². The number of aryl methyl sites for hydroxylation is 1. The molecule has 0 bridgehead atoms. The van der Waals surface area contributed by atoms with Crippen LogP contribution in [0.2, 0.25) is 0 Å². The van der Waals surface area contributed by atoms with Gasteiger partial charge in [-0.2, -0.15) is 0 Å². The summed E-state index contributed by atoms with van der Waals surface area (Å²) < 4.78 is 0. The number of amides is 1. The van der Waals surface area contributed by atoms with Gasteiger partial charge in [-0.3, -0.25) is 4.79 Å². The fourth-order valence-electron chi connectivity index (χ4n) is 4.59. The van der Waals surface area contributed by atoms with E-state index in [9.17, 15) is 4.79 Å². The SMILES string of the molecule is Cc1ccnc(N2CCC(C(=O)N3CC4CCCC4C3)CC2)n1. The molecular formula is C18H26N4O. The summed E-state index contributed by atoms with van der Waals surface area (Å²) in [5, 5.41) is 0. The van der Waals surface area contributed by atoms with Gasteiger partial charge >= 0.3 is 0 Å². The van der Waals surface area contributed by atoms with Crippen molar-refractivity contribution in [3.8, 4) is 0 Å². The molecule has 124 valence electrons. The van der Waals surface area contributed by atoms with Gasteiger partial charge in [-0.25, -0.2) is 9.97 Å². The highest BCUT2D eigenvalue weighted by Gasteiger charge is 2.40. The highest BCUT2D eigenvalue weighted by atomic mass is 16.2. The first kappa shape index (κ1) is 14.9. The molecule has 2 unspecified atom stereocenters. The van der Waals surface area contributed by atoms with Gasteiger partial charge < -0.3 is 9.80 Å². The van der Waals surface area contributed by atoms with Crippen LogP contribution < -0.4 is 4.90 Å². The van der Waals surface area contributed by atoms with E-state index < -0.39 is 0 Å². The van der Waals surface area contributed by atoms with Crippen LogP contribution >= 0.6 is 0 Å². The summed E-state index contributed by atoms with van der Waals surface area (Å²) in [5.41, 5.74) is 0.997. The highest BCUT2D eigenvalue weighted by Crippen LogP contribution is 2.38. The van der Waals surface area contributed by atoms with Gasteiger partial charge in [-0.05, 0) is 50.5 Å². The molecule has 23 heavy (non-hydrogen) atoms. The third-order valence-corrected chi connectivity index (χ3v) is 5.95. The number of rotatable bonds is 2. The topological polar surface area (TPSA) is 49.3 Å². The van der Waals surface area contributed by atoms with Gasteiger partial charge in [0.15, 0.2) is 0 Å². The van der Waals surface area contributed by atoms with Crippen molar-refractivity contribution in [1.82, 2.24) is 14.9 Å². The number of likely N-dealkylation sites (tertiary alicyclic amines) is 1. The van der Waals surface area contributed by atoms with Gasteiger partial charge in [0.1, 0.15) is 0 Å². The summed E-state index contributed by atoms with van der Waals surface area (Å²) in [7, 11) is 0. The molecule has 0 aromatic carbocycles. The summed E-state index contributed by atoms with van der Waals surface area (Å²) >= 11 is 0. The van der Waals surface area contributed by atoms with Crippen LogP contribution in [0.4, 0.5) is 5.95 Å². The second-order valence-electron chi connectivity index (χ2n) is 7.45. The monoisotopic (exact) mass is 314 g/mol. The Kier molecular flexibility index (Phi) is 3.95. The molecule has 3 fully saturated rings. The van der Waals surface area contributed by atoms with E-state index in [2.05, 4.69) is 19.8 Å². The van der Waals surface area contributed by atoms with Gasteiger partial charge in [0.2, 0.25) is 11.9 Å². The molecule has 5 nitrogen and oxygen atoms in total. The van der Waals surface area contributed by atoms with Crippen LogP contribution in [-0.4, -0.2) is 47.0 Å². The molecule has 0 N–H and O–H groups in total. The number of aromatic nitrogens is 2. The number of hydrogen-bond acceptors (Lipinski definition) is 4. The lowest BCUT2D eigenvalue weighted by molar-refractivity contribution is -0.135. The summed E-state index contributed by atoms with van der Waals surface area (Å²) in [6, 6.07) is 1.92. The van der Waals surface area contributed by atoms with Crippen molar-refractivity contribution in [3.63, 3.8) is 0 Å². The highest BCUT2D eigenvalue weighted by molar-refractivity contribution is 5.79. The van der Waals surface area contributed by atoms with Gasteiger partial charge in [-0.15, -0.1) is 0 Å². The number of piperidine rings is 1. The predicted octanol–water partition coefficient (Wildman–Crippen LogP) is 2.26. The summed E-state index contributed by atoms with van der Waals surface area (Å²) in [6.45, 7) is 5.81. The molecule has 1 aromatic heterocycles. The minimum atomic E-state index is 0.204. The lowest BCUT2D eigenvalue weighted by atomic mass is 9.95. The first-order chi connectivity index (χ1) is 11.2. The number of nitrogens with zero attached hydrogens (tertiary/aromatic N) is 4. The Morgan fingerprint density at radius 3 is 2.48 bits per heavy atom. The second-order valence-corrected chi connectivity index (χ2v) is 7.45. The summed E-state index contributed by atoms with van der Waals surface area (Å²) in [6.07, 6.45) is 7.71. The molecule has 0 radical (unpaired) electrons. The number of hydrogen-bond donors (Lipinski definition) is 0. The van der Waals surface area contributed by atoms with E-state index in [1.54, 1.807) is 0 Å². The van der Waals surface area contributed by atoms with Crippen molar-refractivity contribution >= 4 is 11.9 Å². The first-order valence-corrected chi connectivity index (χ1v) is 9.04. The van der Waals surface area contributed by atoms with E-state index in [1.807, 2.05) is 19.2 Å². The second kappa shape index (κ2) is 6.10. The number of anilines is 1. The lowest BCUT2D eigenvalue weighted by Gasteiger charge is -2.33. The quantitative estimate of drug-likeness (QED) is 0.840. The summed E-state index contributed by atoms with van der Waals surface area (Å²) in [5.74, 6) is 3.00. The molecule has 1 aromatic rings. The Hall–Kier alpha value is -1.65. The Balaban J connectivity index is 1.33. The zero-order chi connectivity index (χ0) is 15.8. The number of carbonyl (C=O) groups excluding carboxylic acids is 1. The van der Waals surface area contributed by atoms with Crippen LogP contribution in [0.15, 0.2) is 12.3 Å². The third kappa shape index (κ3) is 2.93. The smallest absolute Gasteiger partial charge is 0.225 e. The minimum Gasteiger partial charge on any atom is -0.342 e. The molecule has 2 atom stereocenters. The normalized spacial score (nSPS) is 28.2. The molecule has 1 amide bonds. The predicted molar refractivity (Wildman–Crippen MR) is 89.1 cm³/mol. The molecule has 2 saturated heterocycles. The van der Waals surface area contributed by atoms with E-state index in [0.29, 0.717) is 5.91 Å². The van der Waals surface area contributed by atoms with E-state index in [1.165, 1.54) is 19.3 Å². The Bertz CT molecular complexity index is 570. The average molecular weight is 314 g/mol. The Morgan fingerprint density at radius 2 is 1.83 bits per heavy atom. The molecule has 2 aliphatic heterocycles. The van der Waals surface area contributed by atoms with Crippen LogP contribution in [-0.2, 0) is 4.79 Å². The fraction of sp³-hybridized carbons (Fsp3) is 0.722. The van der Waals surface area contributed by atoms with E-state index in [-0.39, 0.29) is 5.92 Å². The van der Waals surface area contributed by atoms with Gasteiger partial charge in [-0.1, -0.05) is 6.42 Å². The first-order valence-electron chi connectivity index (χ1n) is 9.04. The van der Waals surface area contributed by atoms with E-state index in [0.717, 1.165) is 62.5 Å². The van der Waals surface area contributed by atoms with Crippen molar-refractivity contribution in [1.29, 1.82) is 0 Å². The standard InChI is InChI=1S/C18H26N4O/c1-13-5-8-19-18(20-13)21-9-6-14(7-10-21)17(23)22-11-15-3-2-4-16(15)12-22/h5,8,14-16H,2-4,6-7,9-12H2,1H3. The number of fused-ring (bicyclic) bond motifs is 1. The third-order valence-electron chi connectivity index (χ3n) is 5.95. The maximum atomic E-state index is 12.8. The average Bonchev–Trinajstić information content (AvgIpc) is 3.16.